The first-order valence-electron chi connectivity index (χ1n) is 11.8. The molecule has 2 N–H and O–H groups in total. The van der Waals surface area contributed by atoms with Crippen LogP contribution in [0.2, 0.25) is 0 Å². The predicted octanol–water partition coefficient (Wildman–Crippen LogP) is 7.10. The standard InChI is InChI=1S/C26H44O4/c1-16(2)9-10-20-23(28)22(21(27)15-19(7)8)25(30)26(24(20)29,13-11-17(3)4)14-12-18(5)6/h16-19,28-29H,9-15H2,1-8H3. The first-order valence-corrected chi connectivity index (χ1v) is 11.8. The summed E-state index contributed by atoms with van der Waals surface area (Å²) in [7, 11) is 0. The molecule has 0 amide bonds. The van der Waals surface area contributed by atoms with E-state index in [9.17, 15) is 19.8 Å². The Morgan fingerprint density at radius 3 is 1.67 bits per heavy atom. The monoisotopic (exact) mass is 420 g/mol. The SMILES string of the molecule is CC(C)CCC1=C(O)C(CCC(C)C)(CCC(C)C)C(=O)C(C(=O)CC(C)C)=C1O. The molecule has 0 heterocycles. The molecule has 0 aliphatic heterocycles. The van der Waals surface area contributed by atoms with Gasteiger partial charge in [0, 0.05) is 12.0 Å². The number of hydrogen-bond acceptors (Lipinski definition) is 4. The quantitative estimate of drug-likeness (QED) is 0.330. The summed E-state index contributed by atoms with van der Waals surface area (Å²) < 4.78 is 0. The molecular weight excluding hydrogens is 376 g/mol. The lowest BCUT2D eigenvalue weighted by Gasteiger charge is -2.38. The van der Waals surface area contributed by atoms with Gasteiger partial charge in [0.05, 0.1) is 5.41 Å². The maximum atomic E-state index is 13.8. The van der Waals surface area contributed by atoms with Gasteiger partial charge in [-0.15, -0.1) is 0 Å². The van der Waals surface area contributed by atoms with Crippen molar-refractivity contribution in [3.8, 4) is 0 Å². The zero-order chi connectivity index (χ0) is 23.2. The zero-order valence-corrected chi connectivity index (χ0v) is 20.5. The van der Waals surface area contributed by atoms with Crippen LogP contribution in [-0.4, -0.2) is 21.8 Å². The van der Waals surface area contributed by atoms with Crippen LogP contribution in [0.5, 0.6) is 0 Å². The summed E-state index contributed by atoms with van der Waals surface area (Å²) in [6, 6.07) is 0. The van der Waals surface area contributed by atoms with E-state index in [2.05, 4.69) is 41.5 Å². The van der Waals surface area contributed by atoms with Crippen LogP contribution < -0.4 is 0 Å². The lowest BCUT2D eigenvalue weighted by Crippen LogP contribution is -2.41. The highest BCUT2D eigenvalue weighted by Gasteiger charge is 2.50. The van der Waals surface area contributed by atoms with Gasteiger partial charge >= 0.3 is 0 Å². The van der Waals surface area contributed by atoms with Crippen molar-refractivity contribution in [3.05, 3.63) is 22.7 Å². The van der Waals surface area contributed by atoms with Gasteiger partial charge in [0.1, 0.15) is 17.1 Å². The second-order valence-corrected chi connectivity index (χ2v) is 10.8. The van der Waals surface area contributed by atoms with E-state index in [0.29, 0.717) is 42.6 Å². The molecule has 30 heavy (non-hydrogen) atoms. The molecule has 0 aromatic carbocycles. The second-order valence-electron chi connectivity index (χ2n) is 10.8. The van der Waals surface area contributed by atoms with Gasteiger partial charge in [-0.3, -0.25) is 9.59 Å². The Kier molecular flexibility index (Phi) is 9.84. The van der Waals surface area contributed by atoms with Crippen molar-refractivity contribution in [2.75, 3.05) is 0 Å². The van der Waals surface area contributed by atoms with Gasteiger partial charge in [0.2, 0.25) is 0 Å². The molecule has 172 valence electrons. The molecule has 0 unspecified atom stereocenters. The fourth-order valence-corrected chi connectivity index (χ4v) is 4.07. The van der Waals surface area contributed by atoms with Crippen molar-refractivity contribution >= 4 is 11.6 Å². The first-order chi connectivity index (χ1) is 13.8. The van der Waals surface area contributed by atoms with Gasteiger partial charge in [-0.2, -0.15) is 0 Å². The molecule has 0 aromatic rings. The van der Waals surface area contributed by atoms with Crippen LogP contribution >= 0.6 is 0 Å². The molecule has 0 aromatic heterocycles. The highest BCUT2D eigenvalue weighted by molar-refractivity contribution is 6.24. The minimum atomic E-state index is -1.10. The van der Waals surface area contributed by atoms with Gasteiger partial charge in [-0.1, -0.05) is 55.4 Å². The lowest BCUT2D eigenvalue weighted by atomic mass is 9.64. The van der Waals surface area contributed by atoms with Crippen LogP contribution in [0.1, 0.15) is 100 Å². The number of Topliss-reactive ketones (excluding diaryl/α,β-unsaturated/α-hetero) is 2. The molecule has 1 aliphatic rings. The summed E-state index contributed by atoms with van der Waals surface area (Å²) in [4.78, 5) is 26.8. The van der Waals surface area contributed by atoms with Crippen LogP contribution in [0, 0.1) is 29.1 Å². The third kappa shape index (κ3) is 6.46. The van der Waals surface area contributed by atoms with Crippen molar-refractivity contribution in [3.63, 3.8) is 0 Å². The van der Waals surface area contributed by atoms with Gasteiger partial charge in [-0.25, -0.2) is 0 Å². The van der Waals surface area contributed by atoms with E-state index in [4.69, 9.17) is 0 Å². The average molecular weight is 421 g/mol. The Balaban J connectivity index is 3.62. The Bertz CT molecular complexity index is 665. The minimum absolute atomic E-state index is 0.00745. The summed E-state index contributed by atoms with van der Waals surface area (Å²) in [6.07, 6.45) is 4.00. The molecule has 1 aliphatic carbocycles. The Morgan fingerprint density at radius 2 is 1.27 bits per heavy atom. The normalized spacial score (nSPS) is 17.3. The van der Waals surface area contributed by atoms with E-state index >= 15 is 0 Å². The summed E-state index contributed by atoms with van der Waals surface area (Å²) in [5.74, 6) is 0.251. The van der Waals surface area contributed by atoms with Crippen molar-refractivity contribution in [2.45, 2.75) is 100 Å². The van der Waals surface area contributed by atoms with Gasteiger partial charge in [0.15, 0.2) is 11.6 Å². The van der Waals surface area contributed by atoms with E-state index in [1.807, 2.05) is 13.8 Å². The average Bonchev–Trinajstić information content (AvgIpc) is 2.60. The maximum absolute atomic E-state index is 13.8. The number of carbonyl (C=O) groups is 2. The smallest absolute Gasteiger partial charge is 0.183 e. The molecule has 4 nitrogen and oxygen atoms in total. The van der Waals surface area contributed by atoms with E-state index in [1.54, 1.807) is 0 Å². The van der Waals surface area contributed by atoms with Crippen LogP contribution in [0.3, 0.4) is 0 Å². The molecule has 0 saturated carbocycles. The molecule has 4 heteroatoms. The maximum Gasteiger partial charge on any atom is 0.183 e. The third-order valence-corrected chi connectivity index (χ3v) is 6.06. The van der Waals surface area contributed by atoms with E-state index in [0.717, 1.165) is 19.3 Å². The number of ketones is 2. The number of hydrogen-bond donors (Lipinski definition) is 2. The molecule has 0 radical (unpaired) electrons. The second kappa shape index (κ2) is 11.2. The predicted molar refractivity (Wildman–Crippen MR) is 123 cm³/mol. The number of rotatable bonds is 12. The van der Waals surface area contributed by atoms with Crippen molar-refractivity contribution in [1.82, 2.24) is 0 Å². The highest BCUT2D eigenvalue weighted by Crippen LogP contribution is 2.48. The lowest BCUT2D eigenvalue weighted by molar-refractivity contribution is -0.129. The van der Waals surface area contributed by atoms with E-state index in [-0.39, 0.29) is 41.0 Å². The molecule has 0 spiro atoms. The Morgan fingerprint density at radius 1 is 0.800 bits per heavy atom. The number of aliphatic hydroxyl groups is 2. The number of allylic oxidation sites excluding steroid dienone is 3. The first kappa shape index (κ1) is 26.5. The van der Waals surface area contributed by atoms with Crippen molar-refractivity contribution in [2.24, 2.45) is 29.1 Å². The Labute approximate surface area is 183 Å². The molecule has 0 bridgehead atoms. The number of aliphatic hydroxyl groups excluding tert-OH is 2. The fourth-order valence-electron chi connectivity index (χ4n) is 4.07. The molecule has 0 atom stereocenters. The van der Waals surface area contributed by atoms with Crippen molar-refractivity contribution in [1.29, 1.82) is 0 Å². The highest BCUT2D eigenvalue weighted by atomic mass is 16.3. The van der Waals surface area contributed by atoms with Crippen LogP contribution in [0.15, 0.2) is 22.7 Å². The van der Waals surface area contributed by atoms with E-state index in [1.165, 1.54) is 0 Å². The Hall–Kier alpha value is -1.58. The largest absolute Gasteiger partial charge is 0.511 e. The van der Waals surface area contributed by atoms with Crippen LogP contribution in [-0.2, 0) is 9.59 Å². The van der Waals surface area contributed by atoms with Gasteiger partial charge < -0.3 is 10.2 Å². The fraction of sp³-hybridized carbons (Fsp3) is 0.769. The summed E-state index contributed by atoms with van der Waals surface area (Å²) in [6.45, 7) is 16.4. The molecule has 0 saturated heterocycles. The topological polar surface area (TPSA) is 74.6 Å². The molecule has 0 fully saturated rings. The number of carbonyl (C=O) groups excluding carboxylic acids is 2. The van der Waals surface area contributed by atoms with Crippen LogP contribution in [0.4, 0.5) is 0 Å². The molecule has 1 rings (SSSR count). The summed E-state index contributed by atoms with van der Waals surface area (Å²) in [5.41, 5.74) is -0.773. The minimum Gasteiger partial charge on any atom is -0.511 e. The van der Waals surface area contributed by atoms with Crippen LogP contribution in [0.25, 0.3) is 0 Å². The van der Waals surface area contributed by atoms with Crippen molar-refractivity contribution < 1.29 is 19.8 Å². The summed E-state index contributed by atoms with van der Waals surface area (Å²) in [5, 5.41) is 22.4. The molecular formula is C26H44O4. The van der Waals surface area contributed by atoms with E-state index < -0.39 is 5.41 Å². The van der Waals surface area contributed by atoms with Gasteiger partial charge in [-0.05, 0) is 62.2 Å². The van der Waals surface area contributed by atoms with Gasteiger partial charge in [0.25, 0.3) is 0 Å². The third-order valence-electron chi connectivity index (χ3n) is 6.06. The summed E-state index contributed by atoms with van der Waals surface area (Å²) >= 11 is 0. The zero-order valence-electron chi connectivity index (χ0n) is 20.5.